The third kappa shape index (κ3) is 5.50. The molecule has 2 aromatic rings. The van der Waals surface area contributed by atoms with E-state index in [0.29, 0.717) is 12.4 Å². The predicted molar refractivity (Wildman–Crippen MR) is 92.3 cm³/mol. The molecule has 0 bridgehead atoms. The smallest absolute Gasteiger partial charge is 0.413 e. The quantitative estimate of drug-likeness (QED) is 0.750. The van der Waals surface area contributed by atoms with Gasteiger partial charge in [0.2, 0.25) is 0 Å². The fourth-order valence-electron chi connectivity index (χ4n) is 1.87. The molecule has 0 radical (unpaired) electrons. The minimum absolute atomic E-state index is 0.434. The molecule has 0 aliphatic carbocycles. The highest BCUT2D eigenvalue weighted by Crippen LogP contribution is 2.15. The number of hydrogen-bond donors (Lipinski definition) is 3. The molecule has 0 saturated heterocycles. The average Bonchev–Trinajstić information content (AvgIpc) is 2.46. The van der Waals surface area contributed by atoms with Crippen molar-refractivity contribution in [3.8, 4) is 0 Å². The van der Waals surface area contributed by atoms with Crippen LogP contribution in [0.4, 0.5) is 22.0 Å². The second kappa shape index (κ2) is 7.00. The molecule has 4 N–H and O–H groups in total. The number of ether oxygens (including phenoxy) is 1. The van der Waals surface area contributed by atoms with Crippen LogP contribution in [0.3, 0.4) is 0 Å². The number of pyridine rings is 1. The number of hydrogen-bond acceptors (Lipinski definition) is 5. The highest BCUT2D eigenvalue weighted by Gasteiger charge is 2.16. The lowest BCUT2D eigenvalue weighted by Gasteiger charge is -2.19. The van der Waals surface area contributed by atoms with E-state index in [1.165, 1.54) is 0 Å². The Morgan fingerprint density at radius 1 is 1.22 bits per heavy atom. The standard InChI is InChI=1S/C17H22N4O2/c1-17(2,3)23-16(22)21-15-9-8-13(11-20-15)19-10-12-6-4-5-7-14(12)18/h4-9,11,19H,10,18H2,1-3H3,(H,20,21,22). The van der Waals surface area contributed by atoms with Crippen molar-refractivity contribution in [1.29, 1.82) is 0 Å². The molecule has 0 atom stereocenters. The first-order chi connectivity index (χ1) is 10.8. The van der Waals surface area contributed by atoms with Crippen LogP contribution in [0.2, 0.25) is 0 Å². The highest BCUT2D eigenvalue weighted by atomic mass is 16.6. The molecule has 1 heterocycles. The molecule has 0 fully saturated rings. The van der Waals surface area contributed by atoms with Crippen LogP contribution in [0, 0.1) is 0 Å². The van der Waals surface area contributed by atoms with E-state index in [0.717, 1.165) is 16.9 Å². The molecule has 0 aliphatic heterocycles. The summed E-state index contributed by atoms with van der Waals surface area (Å²) in [6.07, 6.45) is 1.12. The summed E-state index contributed by atoms with van der Waals surface area (Å²) in [4.78, 5) is 15.8. The number of rotatable bonds is 4. The molecule has 6 heteroatoms. The molecular weight excluding hydrogens is 292 g/mol. The van der Waals surface area contributed by atoms with Crippen molar-refractivity contribution in [2.75, 3.05) is 16.4 Å². The molecule has 0 spiro atoms. The van der Waals surface area contributed by atoms with Gasteiger partial charge in [-0.3, -0.25) is 5.32 Å². The monoisotopic (exact) mass is 314 g/mol. The number of nitrogens with one attached hydrogen (secondary N) is 2. The molecule has 0 unspecified atom stereocenters. The molecule has 1 aromatic carbocycles. The number of carbonyl (C=O) groups is 1. The number of nitrogen functional groups attached to an aromatic ring is 1. The Labute approximate surface area is 136 Å². The summed E-state index contributed by atoms with van der Waals surface area (Å²) in [5.74, 6) is 0.434. The third-order valence-electron chi connectivity index (χ3n) is 2.93. The topological polar surface area (TPSA) is 89.3 Å². The summed E-state index contributed by atoms with van der Waals surface area (Å²) in [6.45, 7) is 6.03. The molecule has 0 saturated carbocycles. The minimum Gasteiger partial charge on any atom is -0.444 e. The largest absolute Gasteiger partial charge is 0.444 e. The van der Waals surface area contributed by atoms with E-state index in [4.69, 9.17) is 10.5 Å². The lowest BCUT2D eigenvalue weighted by atomic mass is 10.2. The lowest BCUT2D eigenvalue weighted by molar-refractivity contribution is 0.0635. The van der Waals surface area contributed by atoms with Gasteiger partial charge < -0.3 is 15.8 Å². The SMILES string of the molecule is CC(C)(C)OC(=O)Nc1ccc(NCc2ccccc2N)cn1. The zero-order valence-corrected chi connectivity index (χ0v) is 13.6. The number of anilines is 3. The maximum atomic E-state index is 11.7. The molecule has 2 rings (SSSR count). The Kier molecular flexibility index (Phi) is 5.05. The van der Waals surface area contributed by atoms with Gasteiger partial charge in [0.15, 0.2) is 0 Å². The van der Waals surface area contributed by atoms with Crippen molar-refractivity contribution in [3.05, 3.63) is 48.2 Å². The molecule has 122 valence electrons. The average molecular weight is 314 g/mol. The zero-order chi connectivity index (χ0) is 16.9. The number of nitrogens with zero attached hydrogens (tertiary/aromatic N) is 1. The van der Waals surface area contributed by atoms with Crippen molar-refractivity contribution in [2.24, 2.45) is 0 Å². The number of amides is 1. The third-order valence-corrected chi connectivity index (χ3v) is 2.93. The van der Waals surface area contributed by atoms with Gasteiger partial charge in [-0.1, -0.05) is 18.2 Å². The normalized spacial score (nSPS) is 10.9. The second-order valence-electron chi connectivity index (χ2n) is 6.11. The number of nitrogens with two attached hydrogens (primary N) is 1. The van der Waals surface area contributed by atoms with Crippen molar-refractivity contribution in [2.45, 2.75) is 32.9 Å². The van der Waals surface area contributed by atoms with E-state index in [1.807, 2.05) is 51.1 Å². The van der Waals surface area contributed by atoms with Gasteiger partial charge in [0.25, 0.3) is 0 Å². The number of para-hydroxylation sites is 1. The summed E-state index contributed by atoms with van der Waals surface area (Å²) in [5, 5.41) is 5.82. The van der Waals surface area contributed by atoms with Crippen molar-refractivity contribution in [1.82, 2.24) is 4.98 Å². The van der Waals surface area contributed by atoms with Gasteiger partial charge in [-0.05, 0) is 44.5 Å². The second-order valence-corrected chi connectivity index (χ2v) is 6.11. The predicted octanol–water partition coefficient (Wildman–Crippen LogP) is 3.62. The van der Waals surface area contributed by atoms with Gasteiger partial charge >= 0.3 is 6.09 Å². The van der Waals surface area contributed by atoms with Gasteiger partial charge in [0, 0.05) is 12.2 Å². The van der Waals surface area contributed by atoms with Gasteiger partial charge in [-0.25, -0.2) is 9.78 Å². The molecule has 1 amide bonds. The van der Waals surface area contributed by atoms with Gasteiger partial charge in [-0.15, -0.1) is 0 Å². The van der Waals surface area contributed by atoms with Crippen LogP contribution in [0.25, 0.3) is 0 Å². The van der Waals surface area contributed by atoms with Crippen molar-refractivity contribution >= 4 is 23.3 Å². The highest BCUT2D eigenvalue weighted by molar-refractivity contribution is 5.83. The lowest BCUT2D eigenvalue weighted by Crippen LogP contribution is -2.27. The van der Waals surface area contributed by atoms with E-state index in [1.54, 1.807) is 12.3 Å². The summed E-state index contributed by atoms with van der Waals surface area (Å²) >= 11 is 0. The van der Waals surface area contributed by atoms with E-state index < -0.39 is 11.7 Å². The van der Waals surface area contributed by atoms with E-state index in [9.17, 15) is 4.79 Å². The molecule has 6 nitrogen and oxygen atoms in total. The van der Waals surface area contributed by atoms with Crippen LogP contribution >= 0.6 is 0 Å². The van der Waals surface area contributed by atoms with Crippen LogP contribution in [0.5, 0.6) is 0 Å². The number of benzene rings is 1. The zero-order valence-electron chi connectivity index (χ0n) is 13.6. The molecule has 0 aliphatic rings. The first kappa shape index (κ1) is 16.6. The fraction of sp³-hybridized carbons (Fsp3) is 0.294. The van der Waals surface area contributed by atoms with E-state index >= 15 is 0 Å². The first-order valence-electron chi connectivity index (χ1n) is 7.37. The summed E-state index contributed by atoms with van der Waals surface area (Å²) < 4.78 is 5.17. The summed E-state index contributed by atoms with van der Waals surface area (Å²) in [6, 6.07) is 11.2. The Balaban J connectivity index is 1.90. The molecule has 1 aromatic heterocycles. The summed E-state index contributed by atoms with van der Waals surface area (Å²) in [5.41, 5.74) is 7.96. The fourth-order valence-corrected chi connectivity index (χ4v) is 1.87. The maximum absolute atomic E-state index is 11.7. The van der Waals surface area contributed by atoms with Crippen molar-refractivity contribution < 1.29 is 9.53 Å². The van der Waals surface area contributed by atoms with Gasteiger partial charge in [0.05, 0.1) is 11.9 Å². The molecule has 23 heavy (non-hydrogen) atoms. The Bertz CT molecular complexity index is 663. The maximum Gasteiger partial charge on any atom is 0.413 e. The van der Waals surface area contributed by atoms with Gasteiger partial charge in [-0.2, -0.15) is 0 Å². The summed E-state index contributed by atoms with van der Waals surface area (Å²) in [7, 11) is 0. The number of aromatic nitrogens is 1. The van der Waals surface area contributed by atoms with E-state index in [-0.39, 0.29) is 0 Å². The van der Waals surface area contributed by atoms with Crippen LogP contribution < -0.4 is 16.4 Å². The Morgan fingerprint density at radius 3 is 2.57 bits per heavy atom. The van der Waals surface area contributed by atoms with E-state index in [2.05, 4.69) is 15.6 Å². The Morgan fingerprint density at radius 2 is 1.96 bits per heavy atom. The number of carbonyl (C=O) groups excluding carboxylic acids is 1. The van der Waals surface area contributed by atoms with Crippen LogP contribution in [0.1, 0.15) is 26.3 Å². The minimum atomic E-state index is -0.540. The molecular formula is C17H22N4O2. The first-order valence-corrected chi connectivity index (χ1v) is 7.37. The van der Waals surface area contributed by atoms with Crippen LogP contribution in [0.15, 0.2) is 42.6 Å². The van der Waals surface area contributed by atoms with Crippen molar-refractivity contribution in [3.63, 3.8) is 0 Å². The van der Waals surface area contributed by atoms with Gasteiger partial charge in [0.1, 0.15) is 11.4 Å². The Hall–Kier alpha value is -2.76. The van der Waals surface area contributed by atoms with Crippen LogP contribution in [-0.4, -0.2) is 16.7 Å². The van der Waals surface area contributed by atoms with Crippen LogP contribution in [-0.2, 0) is 11.3 Å².